The molecule has 0 saturated carbocycles. The number of aliphatic imine (C=N–C) groups is 1. The quantitative estimate of drug-likeness (QED) is 0.298. The monoisotopic (exact) mass is 554 g/mol. The van der Waals surface area contributed by atoms with Gasteiger partial charge in [-0.25, -0.2) is 4.99 Å². The SMILES string of the molecule is CCNC(=NCc1c(C)nn(Cc2ccccc2)c1C)NCC(C)(C)N1CCOCC1.I. The van der Waals surface area contributed by atoms with Gasteiger partial charge in [0.05, 0.1) is 32.0 Å². The van der Waals surface area contributed by atoms with Crippen molar-refractivity contribution in [2.24, 2.45) is 4.99 Å². The minimum absolute atomic E-state index is 0. The fourth-order valence-corrected chi connectivity index (χ4v) is 3.95. The number of hydrogen-bond donors (Lipinski definition) is 2. The third-order valence-corrected chi connectivity index (χ3v) is 6.00. The summed E-state index contributed by atoms with van der Waals surface area (Å²) in [5.41, 5.74) is 4.70. The molecule has 1 aromatic heterocycles. The molecular formula is C24H39IN6O. The second kappa shape index (κ2) is 12.6. The summed E-state index contributed by atoms with van der Waals surface area (Å²) in [5.74, 6) is 0.846. The Kier molecular flexibility index (Phi) is 10.4. The molecule has 0 amide bonds. The second-order valence-corrected chi connectivity index (χ2v) is 8.75. The maximum atomic E-state index is 5.50. The van der Waals surface area contributed by atoms with Gasteiger partial charge in [0.25, 0.3) is 0 Å². The average molecular weight is 555 g/mol. The highest BCUT2D eigenvalue weighted by molar-refractivity contribution is 14.0. The zero-order valence-corrected chi connectivity index (χ0v) is 22.5. The molecule has 2 aromatic rings. The van der Waals surface area contributed by atoms with Crippen molar-refractivity contribution in [2.45, 2.75) is 53.2 Å². The van der Waals surface area contributed by atoms with Gasteiger partial charge >= 0.3 is 0 Å². The maximum absolute atomic E-state index is 5.50. The van der Waals surface area contributed by atoms with E-state index in [1.54, 1.807) is 0 Å². The average Bonchev–Trinajstić information content (AvgIpc) is 3.04. The molecule has 2 heterocycles. The number of nitrogens with zero attached hydrogens (tertiary/aromatic N) is 4. The Morgan fingerprint density at radius 2 is 1.81 bits per heavy atom. The Morgan fingerprint density at radius 3 is 2.47 bits per heavy atom. The molecule has 0 aliphatic carbocycles. The number of morpholine rings is 1. The Hall–Kier alpha value is -1.65. The zero-order valence-electron chi connectivity index (χ0n) is 20.1. The van der Waals surface area contributed by atoms with Gasteiger partial charge in [-0.1, -0.05) is 30.3 Å². The van der Waals surface area contributed by atoms with Crippen LogP contribution in [0.25, 0.3) is 0 Å². The fourth-order valence-electron chi connectivity index (χ4n) is 3.95. The highest BCUT2D eigenvalue weighted by atomic mass is 127. The minimum atomic E-state index is 0. The van der Waals surface area contributed by atoms with Crippen LogP contribution < -0.4 is 10.6 Å². The van der Waals surface area contributed by atoms with Gasteiger partial charge in [0, 0.05) is 43.0 Å². The van der Waals surface area contributed by atoms with Crippen molar-refractivity contribution in [1.82, 2.24) is 25.3 Å². The molecule has 32 heavy (non-hydrogen) atoms. The predicted octanol–water partition coefficient (Wildman–Crippen LogP) is 3.33. The van der Waals surface area contributed by atoms with Gasteiger partial charge in [-0.3, -0.25) is 9.58 Å². The molecule has 0 atom stereocenters. The van der Waals surface area contributed by atoms with E-state index in [0.29, 0.717) is 6.54 Å². The van der Waals surface area contributed by atoms with Crippen LogP contribution in [-0.4, -0.2) is 65.6 Å². The first-order valence-corrected chi connectivity index (χ1v) is 11.3. The molecule has 0 bridgehead atoms. The normalized spacial score (nSPS) is 15.3. The van der Waals surface area contributed by atoms with Crippen LogP contribution in [0.1, 0.15) is 43.3 Å². The van der Waals surface area contributed by atoms with Crippen LogP contribution in [0.4, 0.5) is 0 Å². The molecule has 3 rings (SSSR count). The molecule has 0 unspecified atom stereocenters. The summed E-state index contributed by atoms with van der Waals surface area (Å²) in [6.07, 6.45) is 0. The lowest BCUT2D eigenvalue weighted by Gasteiger charge is -2.41. The van der Waals surface area contributed by atoms with Crippen molar-refractivity contribution in [3.63, 3.8) is 0 Å². The summed E-state index contributed by atoms with van der Waals surface area (Å²) in [7, 11) is 0. The third kappa shape index (κ3) is 7.18. The molecule has 0 radical (unpaired) electrons. The number of aryl methyl sites for hydroxylation is 1. The molecule has 8 heteroatoms. The molecule has 7 nitrogen and oxygen atoms in total. The molecule has 1 aromatic carbocycles. The Bertz CT molecular complexity index is 859. The smallest absolute Gasteiger partial charge is 0.191 e. The molecular weight excluding hydrogens is 515 g/mol. The number of halogens is 1. The van der Waals surface area contributed by atoms with Crippen molar-refractivity contribution in [3.05, 3.63) is 52.8 Å². The van der Waals surface area contributed by atoms with E-state index in [1.165, 1.54) is 16.8 Å². The standard InChI is InChI=1S/C24H38N6O.HI/c1-6-25-23(27-18-24(4,5)29-12-14-31-15-13-29)26-16-22-19(2)28-30(20(22)3)17-21-10-8-7-9-11-21;/h7-11H,6,12-18H2,1-5H3,(H2,25,26,27);1H. The highest BCUT2D eigenvalue weighted by Crippen LogP contribution is 2.17. The first kappa shape index (κ1) is 26.6. The molecule has 2 N–H and O–H groups in total. The lowest BCUT2D eigenvalue weighted by Crippen LogP contribution is -2.56. The number of ether oxygens (including phenoxy) is 1. The number of nitrogens with one attached hydrogen (secondary N) is 2. The Labute approximate surface area is 210 Å². The summed E-state index contributed by atoms with van der Waals surface area (Å²) in [6.45, 7) is 17.5. The van der Waals surface area contributed by atoms with Crippen molar-refractivity contribution < 1.29 is 4.74 Å². The van der Waals surface area contributed by atoms with E-state index in [9.17, 15) is 0 Å². The van der Waals surface area contributed by atoms with Crippen LogP contribution in [0.5, 0.6) is 0 Å². The number of benzene rings is 1. The Morgan fingerprint density at radius 1 is 1.12 bits per heavy atom. The largest absolute Gasteiger partial charge is 0.379 e. The van der Waals surface area contributed by atoms with Crippen LogP contribution in [0.2, 0.25) is 0 Å². The van der Waals surface area contributed by atoms with Crippen molar-refractivity contribution in [2.75, 3.05) is 39.4 Å². The predicted molar refractivity (Wildman–Crippen MR) is 142 cm³/mol. The van der Waals surface area contributed by atoms with Gasteiger partial charge in [0.15, 0.2) is 5.96 Å². The van der Waals surface area contributed by atoms with Crippen LogP contribution in [0, 0.1) is 13.8 Å². The van der Waals surface area contributed by atoms with Crippen molar-refractivity contribution >= 4 is 29.9 Å². The van der Waals surface area contributed by atoms with E-state index in [1.807, 2.05) is 6.07 Å². The molecule has 1 aliphatic rings. The van der Waals surface area contributed by atoms with E-state index >= 15 is 0 Å². The summed E-state index contributed by atoms with van der Waals surface area (Å²) >= 11 is 0. The van der Waals surface area contributed by atoms with Gasteiger partial charge in [-0.15, -0.1) is 24.0 Å². The second-order valence-electron chi connectivity index (χ2n) is 8.75. The van der Waals surface area contributed by atoms with E-state index < -0.39 is 0 Å². The molecule has 178 valence electrons. The summed E-state index contributed by atoms with van der Waals surface area (Å²) < 4.78 is 7.58. The summed E-state index contributed by atoms with van der Waals surface area (Å²) in [4.78, 5) is 7.35. The number of hydrogen-bond acceptors (Lipinski definition) is 4. The van der Waals surface area contributed by atoms with Crippen LogP contribution >= 0.6 is 24.0 Å². The van der Waals surface area contributed by atoms with Crippen LogP contribution in [0.3, 0.4) is 0 Å². The Balaban J connectivity index is 0.00000363. The number of guanidine groups is 1. The minimum Gasteiger partial charge on any atom is -0.379 e. The van der Waals surface area contributed by atoms with Gasteiger partial charge < -0.3 is 15.4 Å². The first-order chi connectivity index (χ1) is 14.9. The van der Waals surface area contributed by atoms with E-state index in [-0.39, 0.29) is 29.5 Å². The molecule has 1 aliphatic heterocycles. The van der Waals surface area contributed by atoms with Gasteiger partial charge in [-0.2, -0.15) is 5.10 Å². The van der Waals surface area contributed by atoms with Crippen molar-refractivity contribution in [1.29, 1.82) is 0 Å². The molecule has 0 spiro atoms. The molecule has 1 saturated heterocycles. The van der Waals surface area contributed by atoms with E-state index in [0.717, 1.165) is 57.6 Å². The lowest BCUT2D eigenvalue weighted by molar-refractivity contribution is -0.00834. The van der Waals surface area contributed by atoms with E-state index in [2.05, 4.69) is 79.1 Å². The van der Waals surface area contributed by atoms with Crippen LogP contribution in [0.15, 0.2) is 35.3 Å². The zero-order chi connectivity index (χ0) is 22.3. The van der Waals surface area contributed by atoms with Gasteiger partial charge in [0.2, 0.25) is 0 Å². The van der Waals surface area contributed by atoms with Gasteiger partial charge in [0.1, 0.15) is 0 Å². The number of aromatic nitrogens is 2. The first-order valence-electron chi connectivity index (χ1n) is 11.3. The topological polar surface area (TPSA) is 66.7 Å². The third-order valence-electron chi connectivity index (χ3n) is 6.00. The lowest BCUT2D eigenvalue weighted by atomic mass is 10.0. The highest BCUT2D eigenvalue weighted by Gasteiger charge is 2.28. The van der Waals surface area contributed by atoms with Crippen molar-refractivity contribution in [3.8, 4) is 0 Å². The summed E-state index contributed by atoms with van der Waals surface area (Å²) in [6, 6.07) is 10.5. The maximum Gasteiger partial charge on any atom is 0.191 e. The fraction of sp³-hybridized carbons (Fsp3) is 0.583. The van der Waals surface area contributed by atoms with E-state index in [4.69, 9.17) is 14.8 Å². The van der Waals surface area contributed by atoms with Gasteiger partial charge in [-0.05, 0) is 40.2 Å². The number of rotatable bonds is 8. The molecule has 1 fully saturated rings. The van der Waals surface area contributed by atoms with Crippen LogP contribution in [-0.2, 0) is 17.8 Å². The summed E-state index contributed by atoms with van der Waals surface area (Å²) in [5, 5.41) is 11.7.